The zero-order valence-corrected chi connectivity index (χ0v) is 21.2. The predicted molar refractivity (Wildman–Crippen MR) is 141 cm³/mol. The summed E-state index contributed by atoms with van der Waals surface area (Å²) in [7, 11) is 0. The molecule has 6 heteroatoms. The molecule has 4 nitrogen and oxygen atoms in total. The second kappa shape index (κ2) is 10.5. The highest BCUT2D eigenvalue weighted by Gasteiger charge is 2.19. The van der Waals surface area contributed by atoms with Gasteiger partial charge in [0.05, 0.1) is 0 Å². The zero-order valence-electron chi connectivity index (χ0n) is 19.6. The highest BCUT2D eigenvalue weighted by molar-refractivity contribution is 6.35. The van der Waals surface area contributed by atoms with Crippen molar-refractivity contribution in [3.8, 4) is 16.9 Å². The van der Waals surface area contributed by atoms with Crippen molar-refractivity contribution >= 4 is 40.2 Å². The third-order valence-corrected chi connectivity index (χ3v) is 6.51. The summed E-state index contributed by atoms with van der Waals surface area (Å²) >= 11 is 12.7. The first-order chi connectivity index (χ1) is 16.4. The molecule has 0 saturated heterocycles. The molecule has 4 rings (SSSR count). The number of aryl methyl sites for hydroxylation is 1. The van der Waals surface area contributed by atoms with Crippen LogP contribution in [0.3, 0.4) is 0 Å². The molecule has 0 aliphatic heterocycles. The van der Waals surface area contributed by atoms with Gasteiger partial charge in [0.2, 0.25) is 0 Å². The van der Waals surface area contributed by atoms with Crippen molar-refractivity contribution in [2.45, 2.75) is 33.7 Å². The van der Waals surface area contributed by atoms with Crippen molar-refractivity contribution in [1.82, 2.24) is 9.47 Å². The number of rotatable bonds is 7. The van der Waals surface area contributed by atoms with E-state index in [-0.39, 0.29) is 6.09 Å². The molecule has 0 radical (unpaired) electrons. The lowest BCUT2D eigenvalue weighted by molar-refractivity contribution is 0.157. The number of ether oxygens (including phenoxy) is 1. The summed E-state index contributed by atoms with van der Waals surface area (Å²) in [5.74, 6) is 0.479. The minimum Gasteiger partial charge on any atom is -0.410 e. The smallest absolute Gasteiger partial charge is 0.410 e. The van der Waals surface area contributed by atoms with E-state index >= 15 is 0 Å². The first-order valence-corrected chi connectivity index (χ1v) is 12.3. The molecular weight excluding hydrogens is 467 g/mol. The van der Waals surface area contributed by atoms with E-state index < -0.39 is 0 Å². The minimum absolute atomic E-state index is 0.380. The SMILES string of the molecule is CCc1ccc(Cn2ccc3c(-c4cc(Cl)cc(Cl)c4)c(OC(=O)N(CC)CC)ccc32)cc1. The lowest BCUT2D eigenvalue weighted by Gasteiger charge is -2.20. The van der Waals surface area contributed by atoms with E-state index in [0.717, 1.165) is 35.0 Å². The maximum atomic E-state index is 12.8. The van der Waals surface area contributed by atoms with Crippen LogP contribution in [0.25, 0.3) is 22.0 Å². The van der Waals surface area contributed by atoms with Crippen molar-refractivity contribution in [1.29, 1.82) is 0 Å². The van der Waals surface area contributed by atoms with Crippen molar-refractivity contribution in [3.63, 3.8) is 0 Å². The highest BCUT2D eigenvalue weighted by atomic mass is 35.5. The topological polar surface area (TPSA) is 34.5 Å². The van der Waals surface area contributed by atoms with Crippen LogP contribution in [0, 0.1) is 0 Å². The molecule has 0 aliphatic rings. The number of fused-ring (bicyclic) bond motifs is 1. The summed E-state index contributed by atoms with van der Waals surface area (Å²) in [6, 6.07) is 20.0. The molecule has 0 N–H and O–H groups in total. The number of hydrogen-bond acceptors (Lipinski definition) is 2. The van der Waals surface area contributed by atoms with Crippen LogP contribution in [0.2, 0.25) is 10.0 Å². The van der Waals surface area contributed by atoms with Gasteiger partial charge in [-0.2, -0.15) is 0 Å². The Labute approximate surface area is 210 Å². The Morgan fingerprint density at radius 1 is 0.882 bits per heavy atom. The first kappa shape index (κ1) is 24.2. The van der Waals surface area contributed by atoms with E-state index in [0.29, 0.717) is 28.9 Å². The number of halogens is 2. The minimum atomic E-state index is -0.380. The Hall–Kier alpha value is -2.95. The van der Waals surface area contributed by atoms with Crippen LogP contribution >= 0.6 is 23.2 Å². The predicted octanol–water partition coefficient (Wildman–Crippen LogP) is 8.07. The molecule has 1 heterocycles. The van der Waals surface area contributed by atoms with E-state index in [1.807, 2.05) is 38.1 Å². The van der Waals surface area contributed by atoms with Gasteiger partial charge in [0, 0.05) is 52.3 Å². The van der Waals surface area contributed by atoms with Gasteiger partial charge in [0.15, 0.2) is 0 Å². The average molecular weight is 495 g/mol. The van der Waals surface area contributed by atoms with Crippen molar-refractivity contribution in [2.75, 3.05) is 13.1 Å². The number of carbonyl (C=O) groups is 1. The van der Waals surface area contributed by atoms with Crippen molar-refractivity contribution in [2.24, 2.45) is 0 Å². The molecule has 34 heavy (non-hydrogen) atoms. The summed E-state index contributed by atoms with van der Waals surface area (Å²) < 4.78 is 8.07. The maximum absolute atomic E-state index is 12.8. The average Bonchev–Trinajstić information content (AvgIpc) is 3.22. The van der Waals surface area contributed by atoms with Gasteiger partial charge in [0.25, 0.3) is 0 Å². The fourth-order valence-electron chi connectivity index (χ4n) is 4.19. The standard InChI is InChI=1S/C28H28Cl2N2O2/c1-4-19-7-9-20(10-8-19)18-32-14-13-24-25(32)11-12-26(34-28(33)31(5-2)6-3)27(24)21-15-22(29)17-23(30)16-21/h7-17H,4-6,18H2,1-3H3. The van der Waals surface area contributed by atoms with Crippen LogP contribution in [0.15, 0.2) is 66.9 Å². The molecule has 1 amide bonds. The van der Waals surface area contributed by atoms with E-state index in [1.54, 1.807) is 11.0 Å². The summed E-state index contributed by atoms with van der Waals surface area (Å²) in [6.45, 7) is 7.90. The second-order valence-electron chi connectivity index (χ2n) is 8.18. The lowest BCUT2D eigenvalue weighted by atomic mass is 10.0. The summed E-state index contributed by atoms with van der Waals surface area (Å²) in [5, 5.41) is 2.01. The van der Waals surface area contributed by atoms with Gasteiger partial charge < -0.3 is 14.2 Å². The summed E-state index contributed by atoms with van der Waals surface area (Å²) in [5.41, 5.74) is 5.17. The van der Waals surface area contributed by atoms with E-state index in [1.165, 1.54) is 11.1 Å². The number of aromatic nitrogens is 1. The van der Waals surface area contributed by atoms with Crippen LogP contribution in [-0.4, -0.2) is 28.6 Å². The van der Waals surface area contributed by atoms with E-state index in [4.69, 9.17) is 27.9 Å². The van der Waals surface area contributed by atoms with Crippen LogP contribution in [0.5, 0.6) is 5.75 Å². The Balaban J connectivity index is 1.81. The molecule has 1 aromatic heterocycles. The number of hydrogen-bond donors (Lipinski definition) is 0. The van der Waals surface area contributed by atoms with Crippen LogP contribution in [0.1, 0.15) is 31.9 Å². The number of amides is 1. The Morgan fingerprint density at radius 3 is 2.15 bits per heavy atom. The quantitative estimate of drug-likeness (QED) is 0.260. The monoisotopic (exact) mass is 494 g/mol. The molecule has 0 unspecified atom stereocenters. The maximum Gasteiger partial charge on any atom is 0.415 e. The molecule has 176 valence electrons. The van der Waals surface area contributed by atoms with Crippen molar-refractivity contribution in [3.05, 3.63) is 88.0 Å². The third kappa shape index (κ3) is 5.08. The Morgan fingerprint density at radius 2 is 1.53 bits per heavy atom. The molecule has 0 spiro atoms. The third-order valence-electron chi connectivity index (χ3n) is 6.07. The fourth-order valence-corrected chi connectivity index (χ4v) is 4.71. The number of nitrogens with zero attached hydrogens (tertiary/aromatic N) is 2. The molecule has 0 bridgehead atoms. The van der Waals surface area contributed by atoms with Gasteiger partial charge in [-0.15, -0.1) is 0 Å². The zero-order chi connectivity index (χ0) is 24.2. The van der Waals surface area contributed by atoms with E-state index in [9.17, 15) is 4.79 Å². The van der Waals surface area contributed by atoms with Gasteiger partial charge in [-0.25, -0.2) is 4.79 Å². The van der Waals surface area contributed by atoms with Gasteiger partial charge >= 0.3 is 6.09 Å². The Bertz CT molecular complexity index is 1290. The molecular formula is C28H28Cl2N2O2. The molecule has 0 fully saturated rings. The van der Waals surface area contributed by atoms with E-state index in [2.05, 4.69) is 48.0 Å². The van der Waals surface area contributed by atoms with Crippen LogP contribution in [-0.2, 0) is 13.0 Å². The molecule has 0 saturated carbocycles. The largest absolute Gasteiger partial charge is 0.415 e. The van der Waals surface area contributed by atoms with Crippen LogP contribution in [0.4, 0.5) is 4.79 Å². The van der Waals surface area contributed by atoms with Gasteiger partial charge in [-0.05, 0) is 73.4 Å². The molecule has 0 aliphatic carbocycles. The Kier molecular flexibility index (Phi) is 7.50. The molecule has 0 atom stereocenters. The summed E-state index contributed by atoms with van der Waals surface area (Å²) in [6.07, 6.45) is 2.70. The lowest BCUT2D eigenvalue weighted by Crippen LogP contribution is -2.33. The van der Waals surface area contributed by atoms with Gasteiger partial charge in [-0.1, -0.05) is 54.4 Å². The van der Waals surface area contributed by atoms with Crippen molar-refractivity contribution < 1.29 is 9.53 Å². The number of carbonyl (C=O) groups excluding carboxylic acids is 1. The molecule has 4 aromatic rings. The second-order valence-corrected chi connectivity index (χ2v) is 9.06. The van der Waals surface area contributed by atoms with Crippen LogP contribution < -0.4 is 4.74 Å². The fraction of sp³-hybridized carbons (Fsp3) is 0.250. The van der Waals surface area contributed by atoms with Gasteiger partial charge in [-0.3, -0.25) is 0 Å². The normalized spacial score (nSPS) is 11.1. The molecule has 3 aromatic carbocycles. The first-order valence-electron chi connectivity index (χ1n) is 11.6. The highest BCUT2D eigenvalue weighted by Crippen LogP contribution is 2.40. The summed E-state index contributed by atoms with van der Waals surface area (Å²) in [4.78, 5) is 14.4. The van der Waals surface area contributed by atoms with Gasteiger partial charge in [0.1, 0.15) is 5.75 Å². The number of benzene rings is 3.